The number of imidazole rings is 1. The number of benzene rings is 2. The van der Waals surface area contributed by atoms with Gasteiger partial charge in [0.05, 0.1) is 12.3 Å². The van der Waals surface area contributed by atoms with Crippen LogP contribution in [0.3, 0.4) is 0 Å². The molecule has 0 bridgehead atoms. The fraction of sp³-hybridized carbons (Fsp3) is 0.400. The number of fused-ring (bicyclic) bond motifs is 3. The highest BCUT2D eigenvalue weighted by molar-refractivity contribution is 5.81. The summed E-state index contributed by atoms with van der Waals surface area (Å²) in [6.45, 7) is 2.56. The van der Waals surface area contributed by atoms with Crippen LogP contribution in [0, 0.1) is 0 Å². The molecule has 2 aromatic carbocycles. The summed E-state index contributed by atoms with van der Waals surface area (Å²) < 4.78 is 11.9. The standard InChI is InChI=1S/C30H35N3O6/c1-2-3-4-5-6-11-16-38-30(37)33-18-21(31-20-33)17-27(28(34)35)32-29(36)39-19-26-24-14-9-7-12-22(24)23-13-8-10-15-25(23)26/h7-10,12-15,18,20,26-27H,2-6,11,16-17,19H2,1H3,(H,32,36)(H,34,35)/t27-/m0/s1. The summed E-state index contributed by atoms with van der Waals surface area (Å²) in [6, 6.07) is 14.7. The van der Waals surface area contributed by atoms with Crippen molar-refractivity contribution in [2.24, 2.45) is 0 Å². The van der Waals surface area contributed by atoms with Gasteiger partial charge in [-0.2, -0.15) is 0 Å². The second kappa shape index (κ2) is 13.6. The third-order valence-electron chi connectivity index (χ3n) is 6.92. The highest BCUT2D eigenvalue weighted by Crippen LogP contribution is 2.44. The van der Waals surface area contributed by atoms with Crippen LogP contribution < -0.4 is 5.32 Å². The van der Waals surface area contributed by atoms with Gasteiger partial charge >= 0.3 is 18.2 Å². The van der Waals surface area contributed by atoms with Crippen LogP contribution in [0.25, 0.3) is 11.1 Å². The minimum Gasteiger partial charge on any atom is -0.480 e. The number of amides is 1. The zero-order chi connectivity index (χ0) is 27.6. The first-order chi connectivity index (χ1) is 19.0. The average Bonchev–Trinajstić information content (AvgIpc) is 3.54. The minimum atomic E-state index is -1.27. The largest absolute Gasteiger partial charge is 0.480 e. The molecular formula is C30H35N3O6. The number of aliphatic carboxylic acids is 1. The molecule has 39 heavy (non-hydrogen) atoms. The van der Waals surface area contributed by atoms with E-state index >= 15 is 0 Å². The minimum absolute atomic E-state index is 0.0747. The molecule has 0 saturated heterocycles. The second-order valence-electron chi connectivity index (χ2n) is 9.72. The highest BCUT2D eigenvalue weighted by atomic mass is 16.6. The average molecular weight is 534 g/mol. The Kier molecular flexibility index (Phi) is 9.72. The summed E-state index contributed by atoms with van der Waals surface area (Å²) >= 11 is 0. The molecular weight excluding hydrogens is 498 g/mol. The van der Waals surface area contributed by atoms with E-state index in [1.807, 2.05) is 48.5 Å². The van der Waals surface area contributed by atoms with E-state index in [0.717, 1.165) is 41.5 Å². The fourth-order valence-corrected chi connectivity index (χ4v) is 4.88. The van der Waals surface area contributed by atoms with Gasteiger partial charge in [0.15, 0.2) is 0 Å². The van der Waals surface area contributed by atoms with Gasteiger partial charge in [-0.25, -0.2) is 23.9 Å². The number of unbranched alkanes of at least 4 members (excludes halogenated alkanes) is 5. The predicted octanol–water partition coefficient (Wildman–Crippen LogP) is 5.76. The summed E-state index contributed by atoms with van der Waals surface area (Å²) in [5, 5.41) is 12.1. The molecule has 206 valence electrons. The van der Waals surface area contributed by atoms with Gasteiger partial charge < -0.3 is 19.9 Å². The van der Waals surface area contributed by atoms with Crippen LogP contribution in [0.15, 0.2) is 61.1 Å². The van der Waals surface area contributed by atoms with E-state index in [2.05, 4.69) is 17.2 Å². The van der Waals surface area contributed by atoms with Gasteiger partial charge in [-0.1, -0.05) is 87.6 Å². The van der Waals surface area contributed by atoms with Crippen molar-refractivity contribution in [3.63, 3.8) is 0 Å². The number of carbonyl (C=O) groups is 3. The van der Waals surface area contributed by atoms with E-state index in [0.29, 0.717) is 12.3 Å². The van der Waals surface area contributed by atoms with E-state index in [1.165, 1.54) is 36.4 Å². The molecule has 1 aromatic heterocycles. The Balaban J connectivity index is 1.27. The van der Waals surface area contributed by atoms with Crippen molar-refractivity contribution < 1.29 is 29.0 Å². The van der Waals surface area contributed by atoms with Gasteiger partial charge in [-0.15, -0.1) is 0 Å². The molecule has 0 unspecified atom stereocenters. The second-order valence-corrected chi connectivity index (χ2v) is 9.72. The molecule has 1 aliphatic carbocycles. The number of rotatable bonds is 13. The Labute approximate surface area is 228 Å². The summed E-state index contributed by atoms with van der Waals surface area (Å²) in [6.07, 6.45) is 7.68. The van der Waals surface area contributed by atoms with Crippen molar-refractivity contribution in [1.82, 2.24) is 14.9 Å². The molecule has 0 fully saturated rings. The highest BCUT2D eigenvalue weighted by Gasteiger charge is 2.30. The van der Waals surface area contributed by atoms with Crippen LogP contribution in [0.2, 0.25) is 0 Å². The lowest BCUT2D eigenvalue weighted by molar-refractivity contribution is -0.139. The quantitative estimate of drug-likeness (QED) is 0.268. The maximum atomic E-state index is 12.6. The molecule has 9 nitrogen and oxygen atoms in total. The zero-order valence-electron chi connectivity index (χ0n) is 22.2. The van der Waals surface area contributed by atoms with Crippen LogP contribution in [-0.2, 0) is 20.7 Å². The Morgan fingerprint density at radius 2 is 1.59 bits per heavy atom. The summed E-state index contributed by atoms with van der Waals surface area (Å²) in [5.41, 5.74) is 4.67. The summed E-state index contributed by atoms with van der Waals surface area (Å²) in [7, 11) is 0. The predicted molar refractivity (Wildman–Crippen MR) is 146 cm³/mol. The van der Waals surface area contributed by atoms with E-state index in [4.69, 9.17) is 9.47 Å². The Hall–Kier alpha value is -4.14. The number of carboxylic acids is 1. The lowest BCUT2D eigenvalue weighted by Gasteiger charge is -2.17. The van der Waals surface area contributed by atoms with Gasteiger partial charge in [0.1, 0.15) is 19.0 Å². The van der Waals surface area contributed by atoms with Gasteiger partial charge in [0.25, 0.3) is 0 Å². The monoisotopic (exact) mass is 533 g/mol. The van der Waals surface area contributed by atoms with Crippen molar-refractivity contribution in [1.29, 1.82) is 0 Å². The number of carbonyl (C=O) groups excluding carboxylic acids is 2. The maximum absolute atomic E-state index is 12.6. The summed E-state index contributed by atoms with van der Waals surface area (Å²) in [4.78, 5) is 40.8. The number of hydrogen-bond acceptors (Lipinski definition) is 6. The van der Waals surface area contributed by atoms with Crippen LogP contribution in [-0.4, -0.2) is 52.1 Å². The first-order valence-corrected chi connectivity index (χ1v) is 13.5. The van der Waals surface area contributed by atoms with Gasteiger partial charge in [0, 0.05) is 18.5 Å². The number of carboxylic acid groups (broad SMARTS) is 1. The molecule has 3 aromatic rings. The topological polar surface area (TPSA) is 120 Å². The van der Waals surface area contributed by atoms with E-state index in [9.17, 15) is 19.5 Å². The first-order valence-electron chi connectivity index (χ1n) is 13.5. The summed E-state index contributed by atoms with van der Waals surface area (Å²) in [5.74, 6) is -1.37. The Morgan fingerprint density at radius 1 is 0.949 bits per heavy atom. The number of hydrogen-bond donors (Lipinski definition) is 2. The lowest BCUT2D eigenvalue weighted by atomic mass is 9.98. The molecule has 2 N–H and O–H groups in total. The molecule has 0 spiro atoms. The lowest BCUT2D eigenvalue weighted by Crippen LogP contribution is -2.43. The maximum Gasteiger partial charge on any atom is 0.419 e. The molecule has 1 heterocycles. The van der Waals surface area contributed by atoms with E-state index < -0.39 is 24.2 Å². The number of nitrogens with zero attached hydrogens (tertiary/aromatic N) is 2. The molecule has 0 radical (unpaired) electrons. The Bertz CT molecular complexity index is 1240. The van der Waals surface area contributed by atoms with Gasteiger partial charge in [-0.05, 0) is 28.7 Å². The van der Waals surface area contributed by atoms with Crippen LogP contribution in [0.5, 0.6) is 0 Å². The molecule has 0 aliphatic heterocycles. The molecule has 4 rings (SSSR count). The molecule has 9 heteroatoms. The molecule has 1 amide bonds. The van der Waals surface area contributed by atoms with Gasteiger partial charge in [-0.3, -0.25) is 0 Å². The van der Waals surface area contributed by atoms with Crippen LogP contribution in [0.4, 0.5) is 9.59 Å². The van der Waals surface area contributed by atoms with Crippen molar-refractivity contribution in [3.8, 4) is 11.1 Å². The zero-order valence-corrected chi connectivity index (χ0v) is 22.2. The van der Waals surface area contributed by atoms with Crippen molar-refractivity contribution in [3.05, 3.63) is 77.9 Å². The number of nitrogens with one attached hydrogen (secondary N) is 1. The van der Waals surface area contributed by atoms with E-state index in [1.54, 1.807) is 0 Å². The van der Waals surface area contributed by atoms with Crippen molar-refractivity contribution >= 4 is 18.2 Å². The van der Waals surface area contributed by atoms with Crippen molar-refractivity contribution in [2.75, 3.05) is 13.2 Å². The third-order valence-corrected chi connectivity index (χ3v) is 6.92. The van der Waals surface area contributed by atoms with E-state index in [-0.39, 0.29) is 18.9 Å². The first kappa shape index (κ1) is 27.9. The normalized spacial score (nSPS) is 12.8. The molecule has 1 aliphatic rings. The van der Waals surface area contributed by atoms with Crippen molar-refractivity contribution in [2.45, 2.75) is 63.8 Å². The third kappa shape index (κ3) is 7.25. The van der Waals surface area contributed by atoms with Crippen LogP contribution >= 0.6 is 0 Å². The fourth-order valence-electron chi connectivity index (χ4n) is 4.88. The smallest absolute Gasteiger partial charge is 0.419 e. The van der Waals surface area contributed by atoms with Gasteiger partial charge in [0.2, 0.25) is 0 Å². The number of ether oxygens (including phenoxy) is 2. The number of alkyl carbamates (subject to hydrolysis) is 1. The Morgan fingerprint density at radius 3 is 2.26 bits per heavy atom. The molecule has 0 saturated carbocycles. The number of aromatic nitrogens is 2. The van der Waals surface area contributed by atoms with Crippen LogP contribution in [0.1, 0.15) is 68.2 Å². The molecule has 1 atom stereocenters. The SMILES string of the molecule is CCCCCCCCOC(=O)n1cnc(C[C@H](NC(=O)OCC2c3ccccc3-c3ccccc32)C(=O)O)c1.